The number of rotatable bonds is 9. The first kappa shape index (κ1) is 26.1. The van der Waals surface area contributed by atoms with Crippen molar-refractivity contribution in [2.75, 3.05) is 11.4 Å². The van der Waals surface area contributed by atoms with E-state index in [1.54, 1.807) is 0 Å². The Kier molecular flexibility index (Phi) is 9.82. The van der Waals surface area contributed by atoms with Gasteiger partial charge in [-0.3, -0.25) is 0 Å². The third-order valence-corrected chi connectivity index (χ3v) is 6.13. The number of aliphatic carboxylic acids is 1. The van der Waals surface area contributed by atoms with Crippen LogP contribution in [0, 0.1) is 0 Å². The second kappa shape index (κ2) is 12.8. The van der Waals surface area contributed by atoms with Crippen molar-refractivity contribution in [2.45, 2.75) is 45.3 Å². The summed E-state index contributed by atoms with van der Waals surface area (Å²) in [6.07, 6.45) is 6.09. The van der Waals surface area contributed by atoms with E-state index < -0.39 is 5.97 Å². The van der Waals surface area contributed by atoms with Crippen LogP contribution in [0.25, 0.3) is 0 Å². The third kappa shape index (κ3) is 6.99. The minimum absolute atomic E-state index is 0. The molecule has 4 nitrogen and oxygen atoms in total. The molecular formula is C29H30NNaO3. The van der Waals surface area contributed by atoms with Gasteiger partial charge < -0.3 is 19.5 Å². The fourth-order valence-electron chi connectivity index (χ4n) is 4.42. The number of benzene rings is 3. The van der Waals surface area contributed by atoms with E-state index in [1.807, 2.05) is 43.3 Å². The molecule has 0 saturated carbocycles. The minimum Gasteiger partial charge on any atom is -0.550 e. The molecule has 0 spiro atoms. The maximum atomic E-state index is 11.0. The molecular weight excluding hydrogens is 433 g/mol. The number of carboxylic acids is 1. The van der Waals surface area contributed by atoms with Gasteiger partial charge in [-0.2, -0.15) is 0 Å². The van der Waals surface area contributed by atoms with E-state index in [1.165, 1.54) is 23.2 Å². The molecule has 0 unspecified atom stereocenters. The zero-order valence-electron chi connectivity index (χ0n) is 20.1. The molecule has 5 heteroatoms. The number of ether oxygens (including phenoxy) is 1. The number of anilines is 1. The van der Waals surface area contributed by atoms with Gasteiger partial charge in [0, 0.05) is 30.7 Å². The Morgan fingerprint density at radius 2 is 1.74 bits per heavy atom. The van der Waals surface area contributed by atoms with Crippen LogP contribution >= 0.6 is 0 Å². The molecule has 4 rings (SSSR count). The van der Waals surface area contributed by atoms with Crippen LogP contribution in [0.5, 0.6) is 5.75 Å². The number of hydrogen-bond donors (Lipinski definition) is 0. The molecule has 1 aliphatic rings. The SMILES string of the molecule is CC=C[C@H](CC(=O)[O-])c1ccc(OCc2ccc(CN3CCCc4ccccc43)cc2)cc1.[Na+]. The normalized spacial score (nSPS) is 13.7. The third-order valence-electron chi connectivity index (χ3n) is 6.13. The quantitative estimate of drug-likeness (QED) is 0.360. The van der Waals surface area contributed by atoms with Crippen molar-refractivity contribution < 1.29 is 44.2 Å². The van der Waals surface area contributed by atoms with E-state index in [2.05, 4.69) is 53.4 Å². The van der Waals surface area contributed by atoms with E-state index in [9.17, 15) is 9.90 Å². The molecule has 34 heavy (non-hydrogen) atoms. The zero-order valence-corrected chi connectivity index (χ0v) is 22.1. The van der Waals surface area contributed by atoms with E-state index >= 15 is 0 Å². The summed E-state index contributed by atoms with van der Waals surface area (Å²) in [5.74, 6) is -0.472. The summed E-state index contributed by atoms with van der Waals surface area (Å²) >= 11 is 0. The standard InChI is InChI=1S/C29H31NO3.Na/c1-2-6-26(19-29(31)32)24-14-16-27(17-15-24)33-21-23-12-10-22(11-13-23)20-30-18-5-8-25-7-3-4-9-28(25)30;/h2-4,6-7,9-17,26H,5,8,18-21H2,1H3,(H,31,32);/q;+1/p-1/t26-;/m1./s1. The maximum absolute atomic E-state index is 11.0. The molecule has 0 saturated heterocycles. The molecule has 0 amide bonds. The smallest absolute Gasteiger partial charge is 0.550 e. The predicted octanol–water partition coefficient (Wildman–Crippen LogP) is 2.02. The van der Waals surface area contributed by atoms with Crippen molar-refractivity contribution in [3.63, 3.8) is 0 Å². The number of nitrogens with zero attached hydrogens (tertiary/aromatic N) is 1. The van der Waals surface area contributed by atoms with E-state index in [-0.39, 0.29) is 41.9 Å². The number of carbonyl (C=O) groups excluding carboxylic acids is 1. The summed E-state index contributed by atoms with van der Waals surface area (Å²) in [4.78, 5) is 13.5. The van der Waals surface area contributed by atoms with Crippen LogP contribution in [0.15, 0.2) is 84.9 Å². The van der Waals surface area contributed by atoms with Gasteiger partial charge in [0.25, 0.3) is 0 Å². The summed E-state index contributed by atoms with van der Waals surface area (Å²) in [5.41, 5.74) is 6.15. The van der Waals surface area contributed by atoms with Crippen LogP contribution in [0.3, 0.4) is 0 Å². The minimum atomic E-state index is -1.05. The molecule has 0 aromatic heterocycles. The van der Waals surface area contributed by atoms with E-state index in [0.717, 1.165) is 36.4 Å². The molecule has 3 aromatic rings. The van der Waals surface area contributed by atoms with Gasteiger partial charge in [-0.05, 0) is 66.6 Å². The van der Waals surface area contributed by atoms with Gasteiger partial charge in [-0.1, -0.05) is 66.7 Å². The van der Waals surface area contributed by atoms with Gasteiger partial charge in [0.15, 0.2) is 0 Å². The Balaban J connectivity index is 0.00000324. The monoisotopic (exact) mass is 463 g/mol. The Morgan fingerprint density at radius 1 is 1.03 bits per heavy atom. The number of para-hydroxylation sites is 1. The van der Waals surface area contributed by atoms with Crippen molar-refractivity contribution in [1.29, 1.82) is 0 Å². The first-order valence-corrected chi connectivity index (χ1v) is 11.6. The summed E-state index contributed by atoms with van der Waals surface area (Å²) in [6, 6.07) is 24.9. The number of aryl methyl sites for hydroxylation is 1. The number of allylic oxidation sites excluding steroid dienone is 2. The Morgan fingerprint density at radius 3 is 2.44 bits per heavy atom. The van der Waals surface area contributed by atoms with Gasteiger partial charge in [0.1, 0.15) is 12.4 Å². The van der Waals surface area contributed by atoms with Crippen molar-refractivity contribution >= 4 is 11.7 Å². The molecule has 1 heterocycles. The van der Waals surface area contributed by atoms with E-state index in [0.29, 0.717) is 6.61 Å². The number of fused-ring (bicyclic) bond motifs is 1. The van der Waals surface area contributed by atoms with Crippen molar-refractivity contribution in [1.82, 2.24) is 0 Å². The summed E-state index contributed by atoms with van der Waals surface area (Å²) < 4.78 is 5.95. The summed E-state index contributed by atoms with van der Waals surface area (Å²) in [5, 5.41) is 11.0. The molecule has 0 aliphatic carbocycles. The second-order valence-electron chi connectivity index (χ2n) is 8.54. The van der Waals surface area contributed by atoms with Gasteiger partial charge in [-0.25, -0.2) is 0 Å². The van der Waals surface area contributed by atoms with Gasteiger partial charge in [-0.15, -0.1) is 0 Å². The fourth-order valence-corrected chi connectivity index (χ4v) is 4.42. The molecule has 0 fully saturated rings. The first-order valence-electron chi connectivity index (χ1n) is 11.6. The molecule has 0 N–H and O–H groups in total. The van der Waals surface area contributed by atoms with Gasteiger partial charge >= 0.3 is 29.6 Å². The van der Waals surface area contributed by atoms with E-state index in [4.69, 9.17) is 4.74 Å². The van der Waals surface area contributed by atoms with Gasteiger partial charge in [0.05, 0.1) is 0 Å². The molecule has 1 atom stereocenters. The molecule has 3 aromatic carbocycles. The Hall–Kier alpha value is -2.53. The Labute approximate surface area is 224 Å². The topological polar surface area (TPSA) is 52.6 Å². The largest absolute Gasteiger partial charge is 1.00 e. The average molecular weight is 464 g/mol. The average Bonchev–Trinajstić information content (AvgIpc) is 2.84. The molecule has 1 aliphatic heterocycles. The molecule has 0 radical (unpaired) electrons. The van der Waals surface area contributed by atoms with Crippen LogP contribution in [0.1, 0.15) is 47.9 Å². The number of carboxylic acid groups (broad SMARTS) is 1. The van der Waals surface area contributed by atoms with Crippen LogP contribution < -0.4 is 44.3 Å². The van der Waals surface area contributed by atoms with Crippen LogP contribution in [0.4, 0.5) is 5.69 Å². The fraction of sp³-hybridized carbons (Fsp3) is 0.276. The summed E-state index contributed by atoms with van der Waals surface area (Å²) in [7, 11) is 0. The van der Waals surface area contributed by atoms with Crippen molar-refractivity contribution in [3.05, 3.63) is 107 Å². The first-order chi connectivity index (χ1) is 16.1. The maximum Gasteiger partial charge on any atom is 1.00 e. The predicted molar refractivity (Wildman–Crippen MR) is 130 cm³/mol. The van der Waals surface area contributed by atoms with Crippen LogP contribution in [-0.4, -0.2) is 12.5 Å². The van der Waals surface area contributed by atoms with Crippen molar-refractivity contribution in [3.8, 4) is 5.75 Å². The number of hydrogen-bond acceptors (Lipinski definition) is 4. The Bertz CT molecular complexity index is 1090. The van der Waals surface area contributed by atoms with Crippen LogP contribution in [-0.2, 0) is 24.4 Å². The molecule has 170 valence electrons. The number of carbonyl (C=O) groups is 1. The van der Waals surface area contributed by atoms with Gasteiger partial charge in [0.2, 0.25) is 0 Å². The second-order valence-corrected chi connectivity index (χ2v) is 8.54. The summed E-state index contributed by atoms with van der Waals surface area (Å²) in [6.45, 7) is 4.38. The zero-order chi connectivity index (χ0) is 23.0. The molecule has 0 bridgehead atoms. The van der Waals surface area contributed by atoms with Crippen molar-refractivity contribution in [2.24, 2.45) is 0 Å². The van der Waals surface area contributed by atoms with Crippen LogP contribution in [0.2, 0.25) is 0 Å².